The summed E-state index contributed by atoms with van der Waals surface area (Å²) in [5.41, 5.74) is 0.514. The molecule has 15 heavy (non-hydrogen) atoms. The van der Waals surface area contributed by atoms with Gasteiger partial charge >= 0.3 is 0 Å². The Labute approximate surface area is 101 Å². The van der Waals surface area contributed by atoms with Gasteiger partial charge in [0.15, 0.2) is 0 Å². The number of benzene rings is 1. The van der Waals surface area contributed by atoms with Crippen LogP contribution in [0.3, 0.4) is 0 Å². The summed E-state index contributed by atoms with van der Waals surface area (Å²) in [4.78, 5) is 14.3. The lowest BCUT2D eigenvalue weighted by Gasteiger charge is -2.16. The smallest absolute Gasteiger partial charge is 0.255 e. The van der Waals surface area contributed by atoms with Crippen LogP contribution in [0.15, 0.2) is 23.1 Å². The van der Waals surface area contributed by atoms with Crippen molar-refractivity contribution in [2.45, 2.75) is 18.2 Å². The van der Waals surface area contributed by atoms with Crippen molar-refractivity contribution in [2.24, 2.45) is 0 Å². The molecular weight excluding hydrogens is 230 g/mol. The van der Waals surface area contributed by atoms with E-state index in [2.05, 4.69) is 12.6 Å². The minimum atomic E-state index is -0.0576. The third-order valence-electron chi connectivity index (χ3n) is 2.09. The molecule has 4 heteroatoms. The Bertz CT molecular complexity index is 368. The average Bonchev–Trinajstić information content (AvgIpc) is 2.21. The standard InChI is InChI=1S/C11H14ClNOS/c1-3-6-13(2)11(14)9-7-8(15)4-5-10(9)12/h4-5,7,15H,3,6H2,1-2H3. The van der Waals surface area contributed by atoms with Gasteiger partial charge in [-0.1, -0.05) is 18.5 Å². The lowest BCUT2D eigenvalue weighted by molar-refractivity contribution is 0.0795. The van der Waals surface area contributed by atoms with Gasteiger partial charge in [-0.05, 0) is 24.6 Å². The van der Waals surface area contributed by atoms with Crippen molar-refractivity contribution in [1.29, 1.82) is 0 Å². The molecule has 0 aromatic heterocycles. The molecule has 2 nitrogen and oxygen atoms in total. The Morgan fingerprint density at radius 3 is 2.80 bits per heavy atom. The summed E-state index contributed by atoms with van der Waals surface area (Å²) in [5.74, 6) is -0.0576. The maximum absolute atomic E-state index is 11.9. The Hall–Kier alpha value is -0.670. The minimum Gasteiger partial charge on any atom is -0.342 e. The highest BCUT2D eigenvalue weighted by Crippen LogP contribution is 2.20. The summed E-state index contributed by atoms with van der Waals surface area (Å²) in [5, 5.41) is 0.473. The van der Waals surface area contributed by atoms with E-state index in [-0.39, 0.29) is 5.91 Å². The number of halogens is 1. The first kappa shape index (κ1) is 12.4. The minimum absolute atomic E-state index is 0.0576. The third kappa shape index (κ3) is 3.14. The van der Waals surface area contributed by atoms with Gasteiger partial charge in [0, 0.05) is 18.5 Å². The normalized spacial score (nSPS) is 10.1. The Balaban J connectivity index is 2.95. The first-order valence-corrected chi connectivity index (χ1v) is 5.62. The molecule has 0 saturated carbocycles. The zero-order chi connectivity index (χ0) is 11.4. The number of amides is 1. The van der Waals surface area contributed by atoms with Gasteiger partial charge in [0.05, 0.1) is 10.6 Å². The summed E-state index contributed by atoms with van der Waals surface area (Å²) in [7, 11) is 1.77. The van der Waals surface area contributed by atoms with Gasteiger partial charge in [-0.25, -0.2) is 0 Å². The van der Waals surface area contributed by atoms with Crippen LogP contribution in [0.25, 0.3) is 0 Å². The van der Waals surface area contributed by atoms with E-state index in [0.717, 1.165) is 17.9 Å². The number of carbonyl (C=O) groups is 1. The SMILES string of the molecule is CCCN(C)C(=O)c1cc(S)ccc1Cl. The number of thiol groups is 1. The molecule has 0 N–H and O–H groups in total. The fourth-order valence-corrected chi connectivity index (χ4v) is 1.72. The van der Waals surface area contributed by atoms with Gasteiger partial charge in [-0.3, -0.25) is 4.79 Å². The fraction of sp³-hybridized carbons (Fsp3) is 0.364. The lowest BCUT2D eigenvalue weighted by Crippen LogP contribution is -2.27. The molecule has 0 fully saturated rings. The molecule has 0 atom stereocenters. The molecule has 0 bridgehead atoms. The Morgan fingerprint density at radius 1 is 1.53 bits per heavy atom. The van der Waals surface area contributed by atoms with E-state index in [1.54, 1.807) is 30.1 Å². The molecule has 1 aromatic carbocycles. The molecule has 0 radical (unpaired) electrons. The molecule has 0 aliphatic carbocycles. The van der Waals surface area contributed by atoms with E-state index < -0.39 is 0 Å². The van der Waals surface area contributed by atoms with Gasteiger partial charge in [-0.15, -0.1) is 12.6 Å². The first-order chi connectivity index (χ1) is 7.06. The van der Waals surface area contributed by atoms with Gasteiger partial charge in [0.2, 0.25) is 0 Å². The van der Waals surface area contributed by atoms with Crippen molar-refractivity contribution < 1.29 is 4.79 Å². The van der Waals surface area contributed by atoms with E-state index in [9.17, 15) is 4.79 Å². The van der Waals surface area contributed by atoms with E-state index in [4.69, 9.17) is 11.6 Å². The van der Waals surface area contributed by atoms with E-state index in [1.807, 2.05) is 6.92 Å². The third-order valence-corrected chi connectivity index (χ3v) is 2.69. The predicted molar refractivity (Wildman–Crippen MR) is 66.0 cm³/mol. The molecule has 0 heterocycles. The number of carbonyl (C=O) groups excluding carboxylic acids is 1. The molecular formula is C11H14ClNOS. The Kier molecular flexibility index (Phi) is 4.48. The second-order valence-corrected chi connectivity index (χ2v) is 4.31. The van der Waals surface area contributed by atoms with E-state index in [0.29, 0.717) is 10.6 Å². The number of nitrogens with zero attached hydrogens (tertiary/aromatic N) is 1. The van der Waals surface area contributed by atoms with E-state index in [1.165, 1.54) is 0 Å². The molecule has 0 saturated heterocycles. The monoisotopic (exact) mass is 243 g/mol. The summed E-state index contributed by atoms with van der Waals surface area (Å²) in [6.45, 7) is 2.76. The average molecular weight is 244 g/mol. The summed E-state index contributed by atoms with van der Waals surface area (Å²) < 4.78 is 0. The van der Waals surface area contributed by atoms with E-state index >= 15 is 0 Å². The fourth-order valence-electron chi connectivity index (χ4n) is 1.32. The molecule has 1 amide bonds. The second kappa shape index (κ2) is 5.42. The van der Waals surface area contributed by atoms with Gasteiger partial charge in [0.25, 0.3) is 5.91 Å². The molecule has 1 rings (SSSR count). The first-order valence-electron chi connectivity index (χ1n) is 4.80. The summed E-state index contributed by atoms with van der Waals surface area (Å²) >= 11 is 10.1. The summed E-state index contributed by atoms with van der Waals surface area (Å²) in [6.07, 6.45) is 0.931. The highest BCUT2D eigenvalue weighted by molar-refractivity contribution is 7.80. The van der Waals surface area contributed by atoms with Crippen LogP contribution >= 0.6 is 24.2 Å². The quantitative estimate of drug-likeness (QED) is 0.809. The van der Waals surface area contributed by atoms with Crippen LogP contribution in [0, 0.1) is 0 Å². The topological polar surface area (TPSA) is 20.3 Å². The van der Waals surface area contributed by atoms with Crippen LogP contribution in [0.1, 0.15) is 23.7 Å². The largest absolute Gasteiger partial charge is 0.342 e. The van der Waals surface area contributed by atoms with Crippen molar-refractivity contribution in [3.63, 3.8) is 0 Å². The lowest BCUT2D eigenvalue weighted by atomic mass is 10.2. The van der Waals surface area contributed by atoms with Crippen LogP contribution in [-0.4, -0.2) is 24.4 Å². The van der Waals surface area contributed by atoms with Gasteiger partial charge in [0.1, 0.15) is 0 Å². The zero-order valence-corrected chi connectivity index (χ0v) is 10.5. The van der Waals surface area contributed by atoms with Crippen molar-refractivity contribution in [2.75, 3.05) is 13.6 Å². The van der Waals surface area contributed by atoms with Crippen molar-refractivity contribution in [3.8, 4) is 0 Å². The van der Waals surface area contributed by atoms with Crippen LogP contribution in [0.4, 0.5) is 0 Å². The molecule has 0 aliphatic heterocycles. The maximum Gasteiger partial charge on any atom is 0.255 e. The Morgan fingerprint density at radius 2 is 2.20 bits per heavy atom. The second-order valence-electron chi connectivity index (χ2n) is 3.39. The molecule has 0 unspecified atom stereocenters. The molecule has 82 valence electrons. The number of rotatable bonds is 3. The predicted octanol–water partition coefficient (Wildman–Crippen LogP) is 3.11. The molecule has 0 aliphatic rings. The van der Waals surface area contributed by atoms with Crippen LogP contribution in [0.2, 0.25) is 5.02 Å². The number of hydrogen-bond acceptors (Lipinski definition) is 2. The van der Waals surface area contributed by atoms with Crippen LogP contribution in [-0.2, 0) is 0 Å². The van der Waals surface area contributed by atoms with Crippen LogP contribution < -0.4 is 0 Å². The van der Waals surface area contributed by atoms with Crippen molar-refractivity contribution in [1.82, 2.24) is 4.90 Å². The van der Waals surface area contributed by atoms with Crippen molar-refractivity contribution >= 4 is 30.1 Å². The van der Waals surface area contributed by atoms with Crippen molar-refractivity contribution in [3.05, 3.63) is 28.8 Å². The zero-order valence-electron chi connectivity index (χ0n) is 8.83. The van der Waals surface area contributed by atoms with Crippen LogP contribution in [0.5, 0.6) is 0 Å². The maximum atomic E-state index is 11.9. The van der Waals surface area contributed by atoms with Gasteiger partial charge in [-0.2, -0.15) is 0 Å². The van der Waals surface area contributed by atoms with Gasteiger partial charge < -0.3 is 4.90 Å². The summed E-state index contributed by atoms with van der Waals surface area (Å²) in [6, 6.07) is 5.15. The highest BCUT2D eigenvalue weighted by Gasteiger charge is 2.14. The highest BCUT2D eigenvalue weighted by atomic mass is 35.5. The molecule has 1 aromatic rings. The molecule has 0 spiro atoms. The number of hydrogen-bond donors (Lipinski definition) is 1.